The van der Waals surface area contributed by atoms with Crippen LogP contribution >= 0.6 is 11.6 Å². The predicted molar refractivity (Wildman–Crippen MR) is 76.9 cm³/mol. The second kappa shape index (κ2) is 5.56. The van der Waals surface area contributed by atoms with Crippen molar-refractivity contribution in [2.45, 2.75) is 13.2 Å². The summed E-state index contributed by atoms with van der Waals surface area (Å²) < 4.78 is 11.4. The van der Waals surface area contributed by atoms with E-state index in [1.807, 2.05) is 18.2 Å². The quantitative estimate of drug-likeness (QED) is 0.839. The second-order valence-electron chi connectivity index (χ2n) is 4.96. The van der Waals surface area contributed by atoms with E-state index < -0.39 is 0 Å². The van der Waals surface area contributed by atoms with Crippen molar-refractivity contribution in [2.75, 3.05) is 26.3 Å². The van der Waals surface area contributed by atoms with Crippen LogP contribution in [0, 0.1) is 0 Å². The molecule has 1 aromatic carbocycles. The van der Waals surface area contributed by atoms with E-state index in [-0.39, 0.29) is 12.0 Å². The molecule has 0 N–H and O–H groups in total. The number of hydrogen-bond donors (Lipinski definition) is 0. The van der Waals surface area contributed by atoms with Crippen LogP contribution < -0.4 is 4.74 Å². The van der Waals surface area contributed by atoms with E-state index in [1.165, 1.54) is 0 Å². The van der Waals surface area contributed by atoms with E-state index >= 15 is 0 Å². The van der Waals surface area contributed by atoms with Gasteiger partial charge in [0, 0.05) is 23.7 Å². The Kier molecular flexibility index (Phi) is 3.78. The topological polar surface area (TPSA) is 38.8 Å². The SMILES string of the molecule is CC(=O)C1=Cc2cc(Cl)ccc2OC1N1CCOCC1. The molecular formula is C15H16ClNO3. The van der Waals surface area contributed by atoms with Gasteiger partial charge in [-0.1, -0.05) is 11.6 Å². The van der Waals surface area contributed by atoms with Crippen molar-refractivity contribution in [3.63, 3.8) is 0 Å². The van der Waals surface area contributed by atoms with Crippen molar-refractivity contribution in [1.29, 1.82) is 0 Å². The van der Waals surface area contributed by atoms with E-state index in [0.29, 0.717) is 23.8 Å². The van der Waals surface area contributed by atoms with Crippen molar-refractivity contribution < 1.29 is 14.3 Å². The number of benzene rings is 1. The molecule has 5 heteroatoms. The Morgan fingerprint density at radius 2 is 2.10 bits per heavy atom. The van der Waals surface area contributed by atoms with E-state index in [9.17, 15) is 4.79 Å². The van der Waals surface area contributed by atoms with Gasteiger partial charge in [-0.25, -0.2) is 0 Å². The zero-order chi connectivity index (χ0) is 14.1. The number of Topliss-reactive ketones (excluding diaryl/α,β-unsaturated/α-hetero) is 1. The molecule has 0 saturated carbocycles. The first-order chi connectivity index (χ1) is 9.65. The number of carbonyl (C=O) groups excluding carboxylic acids is 1. The number of ketones is 1. The number of carbonyl (C=O) groups is 1. The molecule has 20 heavy (non-hydrogen) atoms. The summed E-state index contributed by atoms with van der Waals surface area (Å²) in [5, 5.41) is 0.635. The zero-order valence-corrected chi connectivity index (χ0v) is 12.0. The molecule has 2 aliphatic rings. The van der Waals surface area contributed by atoms with Gasteiger partial charge in [0.1, 0.15) is 5.75 Å². The summed E-state index contributed by atoms with van der Waals surface area (Å²) in [5.74, 6) is 0.781. The van der Waals surface area contributed by atoms with Gasteiger partial charge < -0.3 is 9.47 Å². The van der Waals surface area contributed by atoms with Gasteiger partial charge in [-0.2, -0.15) is 0 Å². The predicted octanol–water partition coefficient (Wildman–Crippen LogP) is 2.36. The molecule has 1 atom stereocenters. The maximum absolute atomic E-state index is 11.9. The lowest BCUT2D eigenvalue weighted by Gasteiger charge is -2.37. The normalized spacial score (nSPS) is 22.7. The number of halogens is 1. The monoisotopic (exact) mass is 293 g/mol. The fraction of sp³-hybridized carbons (Fsp3) is 0.400. The molecule has 0 amide bonds. The van der Waals surface area contributed by atoms with Crippen molar-refractivity contribution >= 4 is 23.5 Å². The molecule has 0 aliphatic carbocycles. The lowest BCUT2D eigenvalue weighted by atomic mass is 10.0. The molecule has 0 radical (unpaired) electrons. The van der Waals surface area contributed by atoms with Crippen LogP contribution in [-0.4, -0.2) is 43.2 Å². The Bertz CT molecular complexity index is 564. The van der Waals surface area contributed by atoms with Gasteiger partial charge in [0.2, 0.25) is 0 Å². The van der Waals surface area contributed by atoms with Gasteiger partial charge in [0.25, 0.3) is 0 Å². The minimum Gasteiger partial charge on any atom is -0.470 e. The van der Waals surface area contributed by atoms with Crippen LogP contribution in [0.2, 0.25) is 5.02 Å². The number of morpholine rings is 1. The van der Waals surface area contributed by atoms with Gasteiger partial charge in [-0.15, -0.1) is 0 Å². The van der Waals surface area contributed by atoms with E-state index in [0.717, 1.165) is 24.4 Å². The molecule has 1 unspecified atom stereocenters. The zero-order valence-electron chi connectivity index (χ0n) is 11.3. The average Bonchev–Trinajstić information content (AvgIpc) is 2.46. The average molecular weight is 294 g/mol. The summed E-state index contributed by atoms with van der Waals surface area (Å²) in [5.41, 5.74) is 1.52. The second-order valence-corrected chi connectivity index (χ2v) is 5.39. The van der Waals surface area contributed by atoms with Gasteiger partial charge in [0.05, 0.1) is 18.8 Å². The minimum atomic E-state index is -0.329. The summed E-state index contributed by atoms with van der Waals surface area (Å²) in [7, 11) is 0. The third-order valence-electron chi connectivity index (χ3n) is 3.57. The van der Waals surface area contributed by atoms with Crippen LogP contribution in [0.15, 0.2) is 23.8 Å². The molecule has 2 heterocycles. The Labute approximate surface area is 122 Å². The van der Waals surface area contributed by atoms with Crippen molar-refractivity contribution in [2.24, 2.45) is 0 Å². The van der Waals surface area contributed by atoms with Gasteiger partial charge >= 0.3 is 0 Å². The first-order valence-electron chi connectivity index (χ1n) is 6.65. The molecule has 1 aromatic rings. The molecule has 3 rings (SSSR count). The lowest BCUT2D eigenvalue weighted by Crippen LogP contribution is -2.49. The van der Waals surface area contributed by atoms with E-state index in [1.54, 1.807) is 13.0 Å². The number of fused-ring (bicyclic) bond motifs is 1. The maximum Gasteiger partial charge on any atom is 0.182 e. The van der Waals surface area contributed by atoms with Crippen LogP contribution in [0.5, 0.6) is 5.75 Å². The highest BCUT2D eigenvalue weighted by Gasteiger charge is 2.31. The Hall–Kier alpha value is -1.36. The fourth-order valence-corrected chi connectivity index (χ4v) is 2.70. The third kappa shape index (κ3) is 2.59. The molecule has 1 fully saturated rings. The number of rotatable bonds is 2. The molecule has 0 spiro atoms. The van der Waals surface area contributed by atoms with Gasteiger partial charge in [-0.05, 0) is 31.2 Å². The summed E-state index contributed by atoms with van der Waals surface area (Å²) in [4.78, 5) is 14.0. The number of nitrogens with zero attached hydrogens (tertiary/aromatic N) is 1. The van der Waals surface area contributed by atoms with Crippen LogP contribution in [0.25, 0.3) is 6.08 Å². The van der Waals surface area contributed by atoms with Crippen molar-refractivity contribution in [3.05, 3.63) is 34.4 Å². The van der Waals surface area contributed by atoms with Gasteiger partial charge in [0.15, 0.2) is 12.0 Å². The molecule has 1 saturated heterocycles. The fourth-order valence-electron chi connectivity index (χ4n) is 2.52. The first kappa shape index (κ1) is 13.6. The molecule has 4 nitrogen and oxygen atoms in total. The largest absolute Gasteiger partial charge is 0.470 e. The van der Waals surface area contributed by atoms with Crippen molar-refractivity contribution in [3.8, 4) is 5.75 Å². The Morgan fingerprint density at radius 1 is 1.35 bits per heavy atom. The van der Waals surface area contributed by atoms with Crippen LogP contribution in [0.1, 0.15) is 12.5 Å². The van der Waals surface area contributed by atoms with Gasteiger partial charge in [-0.3, -0.25) is 9.69 Å². The Balaban J connectivity index is 1.96. The highest BCUT2D eigenvalue weighted by molar-refractivity contribution is 6.30. The van der Waals surface area contributed by atoms with Crippen LogP contribution in [0.3, 0.4) is 0 Å². The summed E-state index contributed by atoms with van der Waals surface area (Å²) in [6, 6.07) is 5.46. The van der Waals surface area contributed by atoms with Crippen LogP contribution in [-0.2, 0) is 9.53 Å². The van der Waals surface area contributed by atoms with E-state index in [2.05, 4.69) is 4.90 Å². The highest BCUT2D eigenvalue weighted by Crippen LogP contribution is 2.33. The minimum absolute atomic E-state index is 0.0205. The van der Waals surface area contributed by atoms with Crippen LogP contribution in [0.4, 0.5) is 0 Å². The Morgan fingerprint density at radius 3 is 2.80 bits per heavy atom. The van der Waals surface area contributed by atoms with E-state index in [4.69, 9.17) is 21.1 Å². The molecule has 106 valence electrons. The molecule has 2 aliphatic heterocycles. The molecule has 0 bridgehead atoms. The molecule has 0 aromatic heterocycles. The highest BCUT2D eigenvalue weighted by atomic mass is 35.5. The number of ether oxygens (including phenoxy) is 2. The summed E-state index contributed by atoms with van der Waals surface area (Å²) >= 11 is 5.99. The first-order valence-corrected chi connectivity index (χ1v) is 7.03. The summed E-state index contributed by atoms with van der Waals surface area (Å²) in [6.45, 7) is 4.42. The maximum atomic E-state index is 11.9. The lowest BCUT2D eigenvalue weighted by molar-refractivity contribution is -0.116. The number of hydrogen-bond acceptors (Lipinski definition) is 4. The molecular weight excluding hydrogens is 278 g/mol. The smallest absolute Gasteiger partial charge is 0.182 e. The third-order valence-corrected chi connectivity index (χ3v) is 3.81. The summed E-state index contributed by atoms with van der Waals surface area (Å²) in [6.07, 6.45) is 1.55. The van der Waals surface area contributed by atoms with Crippen molar-refractivity contribution in [1.82, 2.24) is 4.90 Å². The standard InChI is InChI=1S/C15H16ClNO3/c1-10(18)13-9-11-8-12(16)2-3-14(11)20-15(13)17-4-6-19-7-5-17/h2-3,8-9,15H,4-7H2,1H3.